The maximum Gasteiger partial charge on any atom is 0.318 e. The van der Waals surface area contributed by atoms with Crippen molar-refractivity contribution >= 4 is 39.2 Å². The van der Waals surface area contributed by atoms with Gasteiger partial charge >= 0.3 is 5.97 Å². The standard InChI is InChI=1S/C12H15Cl2NO4S/c1-8(2)15(6-12(16)17)20(18,19)7-9-10(13)4-3-5-11(9)14/h3-5,8H,6-7H2,1-2H3,(H,16,17). The molecule has 0 saturated carbocycles. The van der Waals surface area contributed by atoms with Crippen LogP contribution in [-0.2, 0) is 20.6 Å². The van der Waals surface area contributed by atoms with E-state index in [1.165, 1.54) is 12.1 Å². The number of nitrogens with zero attached hydrogens (tertiary/aromatic N) is 1. The minimum absolute atomic E-state index is 0.236. The van der Waals surface area contributed by atoms with Crippen molar-refractivity contribution in [3.8, 4) is 0 Å². The van der Waals surface area contributed by atoms with Crippen LogP contribution in [0.25, 0.3) is 0 Å². The summed E-state index contributed by atoms with van der Waals surface area (Å²) in [7, 11) is -3.83. The average Bonchev–Trinajstić information content (AvgIpc) is 2.30. The lowest BCUT2D eigenvalue weighted by Gasteiger charge is -2.24. The first-order chi connectivity index (χ1) is 9.15. The third kappa shape index (κ3) is 4.34. The molecule has 5 nitrogen and oxygen atoms in total. The second-order valence-electron chi connectivity index (χ2n) is 4.49. The van der Waals surface area contributed by atoms with Gasteiger partial charge in [0.2, 0.25) is 10.0 Å². The van der Waals surface area contributed by atoms with Gasteiger partial charge in [-0.2, -0.15) is 4.31 Å². The Morgan fingerprint density at radius 3 is 2.20 bits per heavy atom. The molecule has 0 bridgehead atoms. The van der Waals surface area contributed by atoms with E-state index >= 15 is 0 Å². The van der Waals surface area contributed by atoms with Crippen molar-refractivity contribution < 1.29 is 18.3 Å². The Kier molecular flexibility index (Phi) is 5.82. The lowest BCUT2D eigenvalue weighted by Crippen LogP contribution is -2.41. The largest absolute Gasteiger partial charge is 0.480 e. The van der Waals surface area contributed by atoms with Crippen molar-refractivity contribution in [1.82, 2.24) is 4.31 Å². The summed E-state index contributed by atoms with van der Waals surface area (Å²) >= 11 is 11.9. The van der Waals surface area contributed by atoms with Crippen molar-refractivity contribution in [3.05, 3.63) is 33.8 Å². The van der Waals surface area contributed by atoms with E-state index in [1.807, 2.05) is 0 Å². The first kappa shape index (κ1) is 17.2. The summed E-state index contributed by atoms with van der Waals surface area (Å²) in [6, 6.07) is 4.21. The van der Waals surface area contributed by atoms with Gasteiger partial charge < -0.3 is 5.11 Å². The number of aliphatic carboxylic acids is 1. The van der Waals surface area contributed by atoms with E-state index in [9.17, 15) is 13.2 Å². The highest BCUT2D eigenvalue weighted by atomic mass is 35.5. The summed E-state index contributed by atoms with van der Waals surface area (Å²) in [5.74, 6) is -1.65. The number of carbonyl (C=O) groups is 1. The van der Waals surface area contributed by atoms with Crippen LogP contribution in [0.2, 0.25) is 10.0 Å². The molecular formula is C12H15Cl2NO4S. The second-order valence-corrected chi connectivity index (χ2v) is 7.23. The van der Waals surface area contributed by atoms with Crippen LogP contribution in [-0.4, -0.2) is 36.4 Å². The number of carboxylic acids is 1. The van der Waals surface area contributed by atoms with Crippen LogP contribution in [0.5, 0.6) is 0 Å². The molecule has 8 heteroatoms. The normalized spacial score (nSPS) is 12.1. The number of hydrogen-bond acceptors (Lipinski definition) is 3. The summed E-state index contributed by atoms with van der Waals surface area (Å²) in [4.78, 5) is 10.8. The smallest absolute Gasteiger partial charge is 0.318 e. The molecule has 0 atom stereocenters. The molecule has 1 aromatic carbocycles. The molecule has 0 spiro atoms. The summed E-state index contributed by atoms with van der Waals surface area (Å²) in [6.45, 7) is 2.62. The Morgan fingerprint density at radius 1 is 1.30 bits per heavy atom. The number of rotatable bonds is 6. The van der Waals surface area contributed by atoms with Crippen molar-refractivity contribution in [1.29, 1.82) is 0 Å². The Balaban J connectivity index is 3.12. The number of benzene rings is 1. The quantitative estimate of drug-likeness (QED) is 0.864. The van der Waals surface area contributed by atoms with Crippen LogP contribution >= 0.6 is 23.2 Å². The molecule has 0 heterocycles. The molecular weight excluding hydrogens is 325 g/mol. The summed E-state index contributed by atoms with van der Waals surface area (Å²) < 4.78 is 25.6. The molecule has 0 fully saturated rings. The Labute approximate surface area is 128 Å². The molecule has 0 aliphatic rings. The second kappa shape index (κ2) is 6.76. The molecule has 0 aromatic heterocycles. The van der Waals surface area contributed by atoms with Gasteiger partial charge in [0.1, 0.15) is 6.54 Å². The maximum atomic E-state index is 12.3. The molecule has 112 valence electrons. The minimum atomic E-state index is -3.83. The molecule has 1 N–H and O–H groups in total. The van der Waals surface area contributed by atoms with Crippen LogP contribution < -0.4 is 0 Å². The van der Waals surface area contributed by atoms with Gasteiger partial charge in [-0.25, -0.2) is 8.42 Å². The van der Waals surface area contributed by atoms with Crippen LogP contribution in [0.15, 0.2) is 18.2 Å². The minimum Gasteiger partial charge on any atom is -0.480 e. The Bertz CT molecular complexity index is 581. The lowest BCUT2D eigenvalue weighted by molar-refractivity contribution is -0.137. The van der Waals surface area contributed by atoms with E-state index in [4.69, 9.17) is 28.3 Å². The molecule has 1 aromatic rings. The van der Waals surface area contributed by atoms with Crippen LogP contribution in [0.1, 0.15) is 19.4 Å². The van der Waals surface area contributed by atoms with Crippen LogP contribution in [0.4, 0.5) is 0 Å². The van der Waals surface area contributed by atoms with E-state index in [0.29, 0.717) is 0 Å². The fraction of sp³-hybridized carbons (Fsp3) is 0.417. The highest BCUT2D eigenvalue weighted by Crippen LogP contribution is 2.27. The average molecular weight is 340 g/mol. The van der Waals surface area contributed by atoms with Gasteiger partial charge in [0.05, 0.1) is 5.75 Å². The zero-order chi connectivity index (χ0) is 15.5. The fourth-order valence-electron chi connectivity index (χ4n) is 1.67. The summed E-state index contributed by atoms with van der Waals surface area (Å²) in [5.41, 5.74) is 0.270. The van der Waals surface area contributed by atoms with E-state index in [1.54, 1.807) is 19.9 Å². The van der Waals surface area contributed by atoms with E-state index < -0.39 is 34.3 Å². The third-order valence-electron chi connectivity index (χ3n) is 2.61. The summed E-state index contributed by atoms with van der Waals surface area (Å²) in [5, 5.41) is 9.29. The zero-order valence-electron chi connectivity index (χ0n) is 11.0. The van der Waals surface area contributed by atoms with Crippen LogP contribution in [0.3, 0.4) is 0 Å². The van der Waals surface area contributed by atoms with E-state index in [2.05, 4.69) is 0 Å². The van der Waals surface area contributed by atoms with Gasteiger partial charge in [-0.3, -0.25) is 4.79 Å². The van der Waals surface area contributed by atoms with Gasteiger partial charge in [0.15, 0.2) is 0 Å². The van der Waals surface area contributed by atoms with E-state index in [-0.39, 0.29) is 15.6 Å². The van der Waals surface area contributed by atoms with Gasteiger partial charge in [0, 0.05) is 21.7 Å². The predicted octanol–water partition coefficient (Wildman–Crippen LogP) is 2.62. The zero-order valence-corrected chi connectivity index (χ0v) is 13.3. The molecule has 0 aliphatic heterocycles. The molecule has 1 rings (SSSR count). The van der Waals surface area contributed by atoms with Gasteiger partial charge in [-0.15, -0.1) is 0 Å². The molecule has 0 radical (unpaired) electrons. The third-order valence-corrected chi connectivity index (χ3v) is 5.24. The maximum absolute atomic E-state index is 12.3. The first-order valence-corrected chi connectivity index (χ1v) is 8.16. The van der Waals surface area contributed by atoms with Gasteiger partial charge in [-0.05, 0) is 26.0 Å². The molecule has 0 amide bonds. The highest BCUT2D eigenvalue weighted by molar-refractivity contribution is 7.88. The summed E-state index contributed by atoms with van der Waals surface area (Å²) in [6.07, 6.45) is 0. The predicted molar refractivity (Wildman–Crippen MR) is 78.6 cm³/mol. The highest BCUT2D eigenvalue weighted by Gasteiger charge is 2.28. The topological polar surface area (TPSA) is 74.7 Å². The van der Waals surface area contributed by atoms with Crippen molar-refractivity contribution in [2.24, 2.45) is 0 Å². The fourth-order valence-corrected chi connectivity index (χ4v) is 4.15. The number of carboxylic acid groups (broad SMARTS) is 1. The monoisotopic (exact) mass is 339 g/mol. The Morgan fingerprint density at radius 2 is 1.80 bits per heavy atom. The van der Waals surface area contributed by atoms with Crippen molar-refractivity contribution in [2.45, 2.75) is 25.6 Å². The van der Waals surface area contributed by atoms with Crippen molar-refractivity contribution in [2.75, 3.05) is 6.54 Å². The van der Waals surface area contributed by atoms with E-state index in [0.717, 1.165) is 4.31 Å². The first-order valence-electron chi connectivity index (χ1n) is 5.79. The van der Waals surface area contributed by atoms with Gasteiger partial charge in [0.25, 0.3) is 0 Å². The van der Waals surface area contributed by atoms with Gasteiger partial charge in [-0.1, -0.05) is 29.3 Å². The molecule has 0 aliphatic carbocycles. The number of hydrogen-bond donors (Lipinski definition) is 1. The van der Waals surface area contributed by atoms with Crippen LogP contribution in [0, 0.1) is 0 Å². The van der Waals surface area contributed by atoms with Crippen molar-refractivity contribution in [3.63, 3.8) is 0 Å². The number of halogens is 2. The Hall–Kier alpha value is -0.820. The number of sulfonamides is 1. The lowest BCUT2D eigenvalue weighted by atomic mass is 10.2. The SMILES string of the molecule is CC(C)N(CC(=O)O)S(=O)(=O)Cc1c(Cl)cccc1Cl. The molecule has 0 saturated heterocycles. The molecule has 20 heavy (non-hydrogen) atoms. The molecule has 0 unspecified atom stereocenters.